The molecule has 17 heavy (non-hydrogen) atoms. The number of nitrogens with zero attached hydrogens (tertiary/aromatic N) is 3. The Kier molecular flexibility index (Phi) is 3.62. The first kappa shape index (κ1) is 12.3. The summed E-state index contributed by atoms with van der Waals surface area (Å²) in [6.45, 7) is 5.10. The molecule has 1 fully saturated rings. The first-order valence-corrected chi connectivity index (χ1v) is 6.23. The van der Waals surface area contributed by atoms with E-state index in [1.54, 1.807) is 6.07 Å². The molecular weight excluding hydrogens is 238 g/mol. The van der Waals surface area contributed by atoms with Gasteiger partial charge in [0.05, 0.1) is 6.54 Å². The van der Waals surface area contributed by atoms with Gasteiger partial charge in [-0.1, -0.05) is 18.5 Å². The Morgan fingerprint density at radius 1 is 1.53 bits per heavy atom. The molecule has 0 bridgehead atoms. The molecule has 0 aliphatic carbocycles. The molecule has 0 saturated carbocycles. The van der Waals surface area contributed by atoms with Gasteiger partial charge in [-0.25, -0.2) is 9.97 Å². The molecule has 1 aromatic heterocycles. The van der Waals surface area contributed by atoms with Gasteiger partial charge in [0, 0.05) is 18.2 Å². The summed E-state index contributed by atoms with van der Waals surface area (Å²) >= 11 is 5.88. The monoisotopic (exact) mass is 253 g/mol. The van der Waals surface area contributed by atoms with Crippen LogP contribution >= 0.6 is 11.6 Å². The largest absolute Gasteiger partial charge is 0.335 e. The summed E-state index contributed by atoms with van der Waals surface area (Å²) in [5.41, 5.74) is 0.831. The summed E-state index contributed by atoms with van der Waals surface area (Å²) < 4.78 is 0. The van der Waals surface area contributed by atoms with Crippen molar-refractivity contribution in [3.63, 3.8) is 0 Å². The number of amides is 1. The van der Waals surface area contributed by atoms with E-state index in [-0.39, 0.29) is 11.8 Å². The highest BCUT2D eigenvalue weighted by atomic mass is 35.5. The van der Waals surface area contributed by atoms with Crippen molar-refractivity contribution < 1.29 is 4.79 Å². The molecule has 1 aliphatic rings. The summed E-state index contributed by atoms with van der Waals surface area (Å²) in [4.78, 5) is 22.2. The van der Waals surface area contributed by atoms with E-state index in [2.05, 4.69) is 9.97 Å². The number of hydrogen-bond acceptors (Lipinski definition) is 3. The van der Waals surface area contributed by atoms with Crippen LogP contribution in [0.15, 0.2) is 6.07 Å². The van der Waals surface area contributed by atoms with Crippen LogP contribution in [0.25, 0.3) is 0 Å². The lowest BCUT2D eigenvalue weighted by Gasteiger charge is -2.30. The van der Waals surface area contributed by atoms with Crippen molar-refractivity contribution in [2.75, 3.05) is 6.54 Å². The lowest BCUT2D eigenvalue weighted by Crippen LogP contribution is -2.40. The van der Waals surface area contributed by atoms with Gasteiger partial charge in [0.2, 0.25) is 5.91 Å². The predicted octanol–water partition coefficient (Wildman–Crippen LogP) is 2.20. The van der Waals surface area contributed by atoms with Crippen LogP contribution in [-0.2, 0) is 11.3 Å². The number of piperidine rings is 1. The van der Waals surface area contributed by atoms with Gasteiger partial charge in [-0.2, -0.15) is 0 Å². The minimum atomic E-state index is 0.115. The van der Waals surface area contributed by atoms with Gasteiger partial charge in [-0.05, 0) is 25.8 Å². The second-order valence-corrected chi connectivity index (χ2v) is 4.94. The van der Waals surface area contributed by atoms with E-state index < -0.39 is 0 Å². The molecule has 1 atom stereocenters. The third-order valence-electron chi connectivity index (χ3n) is 3.00. The quantitative estimate of drug-likeness (QED) is 0.759. The van der Waals surface area contributed by atoms with Crippen LogP contribution in [-0.4, -0.2) is 27.3 Å². The first-order chi connectivity index (χ1) is 8.06. The van der Waals surface area contributed by atoms with Crippen molar-refractivity contribution in [3.05, 3.63) is 22.7 Å². The normalized spacial score (nSPS) is 20.8. The van der Waals surface area contributed by atoms with Gasteiger partial charge >= 0.3 is 0 Å². The molecule has 2 rings (SSSR count). The number of hydrogen-bond donors (Lipinski definition) is 0. The molecule has 0 spiro atoms. The van der Waals surface area contributed by atoms with Crippen LogP contribution in [0.3, 0.4) is 0 Å². The van der Waals surface area contributed by atoms with Gasteiger partial charge in [0.25, 0.3) is 0 Å². The summed E-state index contributed by atoms with van der Waals surface area (Å²) in [6, 6.07) is 1.71. The molecule has 92 valence electrons. The average molecular weight is 254 g/mol. The van der Waals surface area contributed by atoms with Crippen molar-refractivity contribution in [3.8, 4) is 0 Å². The van der Waals surface area contributed by atoms with Crippen molar-refractivity contribution in [2.45, 2.75) is 33.2 Å². The smallest absolute Gasteiger partial charge is 0.225 e. The van der Waals surface area contributed by atoms with Crippen molar-refractivity contribution >= 4 is 17.5 Å². The Balaban J connectivity index is 2.12. The zero-order valence-corrected chi connectivity index (χ0v) is 10.9. The molecule has 1 saturated heterocycles. The Labute approximate surface area is 106 Å². The highest BCUT2D eigenvalue weighted by Gasteiger charge is 2.25. The minimum absolute atomic E-state index is 0.115. The number of likely N-dealkylation sites (tertiary alicyclic amines) is 1. The van der Waals surface area contributed by atoms with Crippen molar-refractivity contribution in [1.82, 2.24) is 14.9 Å². The molecule has 2 heterocycles. The molecule has 1 aromatic rings. The lowest BCUT2D eigenvalue weighted by molar-refractivity contribution is -0.138. The number of carbonyl (C=O) groups excluding carboxylic acids is 1. The van der Waals surface area contributed by atoms with Gasteiger partial charge in [0.15, 0.2) is 0 Å². The Morgan fingerprint density at radius 2 is 2.29 bits per heavy atom. The minimum Gasteiger partial charge on any atom is -0.335 e. The fraction of sp³-hybridized carbons (Fsp3) is 0.583. The second-order valence-electron chi connectivity index (χ2n) is 4.55. The van der Waals surface area contributed by atoms with Gasteiger partial charge in [-0.3, -0.25) is 4.79 Å². The SMILES string of the molecule is Cc1cc(Cl)nc(CN2CCCC(C)C2=O)n1. The topological polar surface area (TPSA) is 46.1 Å². The van der Waals surface area contributed by atoms with E-state index >= 15 is 0 Å². The molecule has 0 radical (unpaired) electrons. The molecule has 5 heteroatoms. The van der Waals surface area contributed by atoms with Crippen LogP contribution in [0.5, 0.6) is 0 Å². The molecular formula is C12H16ClN3O. The maximum absolute atomic E-state index is 11.9. The van der Waals surface area contributed by atoms with E-state index in [1.807, 2.05) is 18.7 Å². The number of aryl methyl sites for hydroxylation is 1. The van der Waals surface area contributed by atoms with E-state index in [4.69, 9.17) is 11.6 Å². The van der Waals surface area contributed by atoms with E-state index in [9.17, 15) is 4.79 Å². The van der Waals surface area contributed by atoms with Gasteiger partial charge in [-0.15, -0.1) is 0 Å². The van der Waals surface area contributed by atoms with Crippen LogP contribution in [0, 0.1) is 12.8 Å². The molecule has 4 nitrogen and oxygen atoms in total. The fourth-order valence-corrected chi connectivity index (χ4v) is 2.38. The highest BCUT2D eigenvalue weighted by molar-refractivity contribution is 6.29. The Bertz CT molecular complexity index is 416. The summed E-state index contributed by atoms with van der Waals surface area (Å²) in [5.74, 6) is 0.930. The maximum Gasteiger partial charge on any atom is 0.225 e. The van der Waals surface area contributed by atoms with E-state index in [0.717, 1.165) is 25.1 Å². The summed E-state index contributed by atoms with van der Waals surface area (Å²) in [6.07, 6.45) is 2.03. The van der Waals surface area contributed by atoms with Crippen LogP contribution < -0.4 is 0 Å². The van der Waals surface area contributed by atoms with E-state index in [0.29, 0.717) is 17.5 Å². The average Bonchev–Trinajstić information content (AvgIpc) is 2.23. The molecule has 1 unspecified atom stereocenters. The summed E-state index contributed by atoms with van der Waals surface area (Å²) in [7, 11) is 0. The molecule has 1 amide bonds. The Morgan fingerprint density at radius 3 is 3.00 bits per heavy atom. The Hall–Kier alpha value is -1.16. The molecule has 0 N–H and O–H groups in total. The van der Waals surface area contributed by atoms with Gasteiger partial charge in [0.1, 0.15) is 11.0 Å². The van der Waals surface area contributed by atoms with E-state index in [1.165, 1.54) is 0 Å². The molecule has 1 aliphatic heterocycles. The zero-order valence-electron chi connectivity index (χ0n) is 10.1. The zero-order chi connectivity index (χ0) is 12.4. The highest BCUT2D eigenvalue weighted by Crippen LogP contribution is 2.19. The lowest BCUT2D eigenvalue weighted by atomic mass is 9.99. The van der Waals surface area contributed by atoms with Gasteiger partial charge < -0.3 is 4.90 Å². The van der Waals surface area contributed by atoms with Crippen LogP contribution in [0.2, 0.25) is 5.15 Å². The third-order valence-corrected chi connectivity index (χ3v) is 3.19. The fourth-order valence-electron chi connectivity index (χ4n) is 2.12. The van der Waals surface area contributed by atoms with Crippen LogP contribution in [0.4, 0.5) is 0 Å². The predicted molar refractivity (Wildman–Crippen MR) is 65.6 cm³/mol. The van der Waals surface area contributed by atoms with Crippen molar-refractivity contribution in [2.24, 2.45) is 5.92 Å². The maximum atomic E-state index is 11.9. The van der Waals surface area contributed by atoms with Crippen molar-refractivity contribution in [1.29, 1.82) is 0 Å². The summed E-state index contributed by atoms with van der Waals surface area (Å²) in [5, 5.41) is 0.435. The second kappa shape index (κ2) is 5.00. The first-order valence-electron chi connectivity index (χ1n) is 5.85. The number of aromatic nitrogens is 2. The number of carbonyl (C=O) groups is 1. The molecule has 0 aromatic carbocycles. The third kappa shape index (κ3) is 2.94. The standard InChI is InChI=1S/C12H16ClN3O/c1-8-4-3-5-16(12(8)17)7-11-14-9(2)6-10(13)15-11/h6,8H,3-5,7H2,1-2H3. The number of halogens is 1. The van der Waals surface area contributed by atoms with Crippen LogP contribution in [0.1, 0.15) is 31.3 Å². The number of rotatable bonds is 2.